The molecule has 0 unspecified atom stereocenters. The molecular formula is C20H28O3. The Morgan fingerprint density at radius 3 is 2.35 bits per heavy atom. The number of carbonyl (C=O) groups excluding carboxylic acids is 2. The predicted octanol–water partition coefficient (Wildman–Crippen LogP) is 4.51. The van der Waals surface area contributed by atoms with Gasteiger partial charge in [0.15, 0.2) is 5.78 Å². The third kappa shape index (κ3) is 4.43. The normalized spacial score (nSPS) is 25.9. The SMILES string of the molecule is CC(C)[C@H]1CC[C@@H](C)C[C@H]1OC(=O)[C@@H](C)C(=O)c1ccccc1. The fourth-order valence-corrected chi connectivity index (χ4v) is 3.46. The highest BCUT2D eigenvalue weighted by molar-refractivity contribution is 6.08. The highest BCUT2D eigenvalue weighted by atomic mass is 16.5. The fraction of sp³-hybridized carbons (Fsp3) is 0.600. The second kappa shape index (κ2) is 7.76. The molecule has 3 heteroatoms. The molecule has 1 aliphatic carbocycles. The number of benzene rings is 1. The van der Waals surface area contributed by atoms with Crippen molar-refractivity contribution in [3.63, 3.8) is 0 Å². The molecule has 0 N–H and O–H groups in total. The van der Waals surface area contributed by atoms with Gasteiger partial charge in [-0.15, -0.1) is 0 Å². The van der Waals surface area contributed by atoms with Gasteiger partial charge in [-0.3, -0.25) is 9.59 Å². The Hall–Kier alpha value is -1.64. The number of esters is 1. The predicted molar refractivity (Wildman–Crippen MR) is 91.2 cm³/mol. The van der Waals surface area contributed by atoms with E-state index in [0.717, 1.165) is 12.8 Å². The topological polar surface area (TPSA) is 43.4 Å². The monoisotopic (exact) mass is 316 g/mol. The van der Waals surface area contributed by atoms with Gasteiger partial charge in [0, 0.05) is 5.56 Å². The smallest absolute Gasteiger partial charge is 0.316 e. The van der Waals surface area contributed by atoms with Crippen molar-refractivity contribution in [2.75, 3.05) is 0 Å². The largest absolute Gasteiger partial charge is 0.462 e. The van der Waals surface area contributed by atoms with Gasteiger partial charge in [-0.25, -0.2) is 0 Å². The maximum Gasteiger partial charge on any atom is 0.316 e. The molecule has 4 atom stereocenters. The lowest BCUT2D eigenvalue weighted by Crippen LogP contribution is -2.38. The van der Waals surface area contributed by atoms with E-state index in [1.807, 2.05) is 18.2 Å². The molecule has 0 aliphatic heterocycles. The maximum atomic E-state index is 12.5. The molecule has 126 valence electrons. The zero-order valence-corrected chi connectivity index (χ0v) is 14.6. The molecule has 1 aromatic carbocycles. The van der Waals surface area contributed by atoms with Crippen LogP contribution >= 0.6 is 0 Å². The number of rotatable bonds is 5. The van der Waals surface area contributed by atoms with E-state index in [2.05, 4.69) is 20.8 Å². The number of ketones is 1. The standard InChI is InChI=1S/C20H28O3/c1-13(2)17-11-10-14(3)12-18(17)23-20(22)15(4)19(21)16-8-6-5-7-9-16/h5-9,13-15,17-18H,10-12H2,1-4H3/t14-,15+,17-,18-/m1/s1. The first kappa shape index (κ1) is 17.7. The first-order chi connectivity index (χ1) is 10.9. The van der Waals surface area contributed by atoms with Gasteiger partial charge in [0.05, 0.1) is 0 Å². The third-order valence-electron chi connectivity index (χ3n) is 5.03. The zero-order chi connectivity index (χ0) is 17.0. The molecule has 0 spiro atoms. The molecule has 0 heterocycles. The van der Waals surface area contributed by atoms with Gasteiger partial charge in [-0.05, 0) is 37.5 Å². The summed E-state index contributed by atoms with van der Waals surface area (Å²) >= 11 is 0. The number of carbonyl (C=O) groups is 2. The van der Waals surface area contributed by atoms with Crippen LogP contribution in [0.15, 0.2) is 30.3 Å². The molecule has 0 saturated heterocycles. The summed E-state index contributed by atoms with van der Waals surface area (Å²) in [4.78, 5) is 24.9. The first-order valence-corrected chi connectivity index (χ1v) is 8.70. The Balaban J connectivity index is 2.03. The van der Waals surface area contributed by atoms with Crippen molar-refractivity contribution in [2.45, 2.75) is 53.1 Å². The molecule has 1 aromatic rings. The van der Waals surface area contributed by atoms with Gasteiger partial charge >= 0.3 is 5.97 Å². The summed E-state index contributed by atoms with van der Waals surface area (Å²) in [6.07, 6.45) is 3.13. The van der Waals surface area contributed by atoms with Crippen molar-refractivity contribution in [3.8, 4) is 0 Å². The van der Waals surface area contributed by atoms with Crippen LogP contribution in [0.5, 0.6) is 0 Å². The molecule has 1 fully saturated rings. The maximum absolute atomic E-state index is 12.5. The molecule has 1 saturated carbocycles. The summed E-state index contributed by atoms with van der Waals surface area (Å²) in [5, 5.41) is 0. The average Bonchev–Trinajstić information content (AvgIpc) is 2.54. The molecule has 0 aromatic heterocycles. The Bertz CT molecular complexity index is 535. The van der Waals surface area contributed by atoms with E-state index in [1.165, 1.54) is 6.42 Å². The van der Waals surface area contributed by atoms with Crippen LogP contribution in [0.4, 0.5) is 0 Å². The van der Waals surface area contributed by atoms with Gasteiger partial charge in [0.1, 0.15) is 12.0 Å². The second-order valence-electron chi connectivity index (χ2n) is 7.25. The van der Waals surface area contributed by atoms with Crippen LogP contribution in [0.2, 0.25) is 0 Å². The number of hydrogen-bond acceptors (Lipinski definition) is 3. The van der Waals surface area contributed by atoms with E-state index >= 15 is 0 Å². The Morgan fingerprint density at radius 1 is 1.09 bits per heavy atom. The lowest BCUT2D eigenvalue weighted by Gasteiger charge is -2.37. The summed E-state index contributed by atoms with van der Waals surface area (Å²) in [7, 11) is 0. The van der Waals surface area contributed by atoms with E-state index < -0.39 is 5.92 Å². The Morgan fingerprint density at radius 2 is 1.74 bits per heavy atom. The minimum Gasteiger partial charge on any atom is -0.462 e. The van der Waals surface area contributed by atoms with Crippen LogP contribution in [-0.4, -0.2) is 17.9 Å². The molecule has 0 bridgehead atoms. The lowest BCUT2D eigenvalue weighted by atomic mass is 9.75. The Labute approximate surface area is 139 Å². The van der Waals surface area contributed by atoms with Crippen LogP contribution in [-0.2, 0) is 9.53 Å². The summed E-state index contributed by atoms with van der Waals surface area (Å²) in [6, 6.07) is 8.96. The molecule has 1 aliphatic rings. The van der Waals surface area contributed by atoms with E-state index in [1.54, 1.807) is 19.1 Å². The third-order valence-corrected chi connectivity index (χ3v) is 5.03. The van der Waals surface area contributed by atoms with E-state index in [4.69, 9.17) is 4.74 Å². The minimum atomic E-state index is -0.748. The average molecular weight is 316 g/mol. The van der Waals surface area contributed by atoms with Gasteiger partial charge in [0.2, 0.25) is 0 Å². The zero-order valence-electron chi connectivity index (χ0n) is 14.6. The fourth-order valence-electron chi connectivity index (χ4n) is 3.46. The number of Topliss-reactive ketones (excluding diaryl/α,β-unsaturated/α-hetero) is 1. The molecule has 0 amide bonds. The van der Waals surface area contributed by atoms with Crippen LogP contribution in [0, 0.1) is 23.7 Å². The van der Waals surface area contributed by atoms with Crippen LogP contribution in [0.1, 0.15) is 57.3 Å². The molecule has 0 radical (unpaired) electrons. The summed E-state index contributed by atoms with van der Waals surface area (Å²) in [5.74, 6) is 0.157. The Kier molecular flexibility index (Phi) is 5.97. The number of ether oxygens (including phenoxy) is 1. The van der Waals surface area contributed by atoms with Crippen LogP contribution in [0.3, 0.4) is 0 Å². The van der Waals surface area contributed by atoms with Crippen molar-refractivity contribution >= 4 is 11.8 Å². The van der Waals surface area contributed by atoms with Gasteiger partial charge in [-0.1, -0.05) is 57.5 Å². The highest BCUT2D eigenvalue weighted by Crippen LogP contribution is 2.35. The molecule has 23 heavy (non-hydrogen) atoms. The van der Waals surface area contributed by atoms with Crippen molar-refractivity contribution in [3.05, 3.63) is 35.9 Å². The van der Waals surface area contributed by atoms with E-state index in [-0.39, 0.29) is 17.9 Å². The molecular weight excluding hydrogens is 288 g/mol. The van der Waals surface area contributed by atoms with E-state index in [0.29, 0.717) is 23.3 Å². The quantitative estimate of drug-likeness (QED) is 0.456. The second-order valence-corrected chi connectivity index (χ2v) is 7.25. The minimum absolute atomic E-state index is 0.0581. The van der Waals surface area contributed by atoms with Gasteiger partial charge < -0.3 is 4.74 Å². The summed E-state index contributed by atoms with van der Waals surface area (Å²) < 4.78 is 5.78. The van der Waals surface area contributed by atoms with Crippen molar-refractivity contribution in [1.82, 2.24) is 0 Å². The van der Waals surface area contributed by atoms with Crippen molar-refractivity contribution in [2.24, 2.45) is 23.7 Å². The van der Waals surface area contributed by atoms with Crippen LogP contribution in [0.25, 0.3) is 0 Å². The highest BCUT2D eigenvalue weighted by Gasteiger charge is 2.35. The van der Waals surface area contributed by atoms with Crippen LogP contribution < -0.4 is 0 Å². The summed E-state index contributed by atoms with van der Waals surface area (Å²) in [5.41, 5.74) is 0.564. The van der Waals surface area contributed by atoms with Crippen molar-refractivity contribution < 1.29 is 14.3 Å². The number of hydrogen-bond donors (Lipinski definition) is 0. The lowest BCUT2D eigenvalue weighted by molar-refractivity contribution is -0.158. The first-order valence-electron chi connectivity index (χ1n) is 8.70. The van der Waals surface area contributed by atoms with Gasteiger partial charge in [0.25, 0.3) is 0 Å². The van der Waals surface area contributed by atoms with Crippen molar-refractivity contribution in [1.29, 1.82) is 0 Å². The summed E-state index contributed by atoms with van der Waals surface area (Å²) in [6.45, 7) is 8.21. The van der Waals surface area contributed by atoms with Gasteiger partial charge in [-0.2, -0.15) is 0 Å². The van der Waals surface area contributed by atoms with E-state index in [9.17, 15) is 9.59 Å². The molecule has 3 nitrogen and oxygen atoms in total. The molecule has 2 rings (SSSR count).